The smallest absolute Gasteiger partial charge is 0.192 e. The first-order valence-corrected chi connectivity index (χ1v) is 7.32. The minimum Gasteiger partial charge on any atom is -0.382 e. The number of hydrogen-bond acceptors (Lipinski definition) is 5. The molecule has 2 rings (SSSR count). The Hall–Kier alpha value is -1.78. The third-order valence-electron chi connectivity index (χ3n) is 3.17. The molecule has 20 heavy (non-hydrogen) atoms. The Labute approximate surface area is 120 Å². The average molecular weight is 277 g/mol. The van der Waals surface area contributed by atoms with E-state index in [-0.39, 0.29) is 29.5 Å². The Morgan fingerprint density at radius 2 is 1.65 bits per heavy atom. The Bertz CT molecular complexity index is 498. The third-order valence-corrected chi connectivity index (χ3v) is 3.17. The van der Waals surface area contributed by atoms with Gasteiger partial charge in [0, 0.05) is 6.42 Å². The molecule has 0 amide bonds. The number of rotatable bonds is 4. The summed E-state index contributed by atoms with van der Waals surface area (Å²) in [6.45, 7) is 5.73. The van der Waals surface area contributed by atoms with Crippen molar-refractivity contribution in [3.63, 3.8) is 0 Å². The molecular formula is C15H23N3O2. The van der Waals surface area contributed by atoms with Crippen LogP contribution in [0.5, 0.6) is 0 Å². The van der Waals surface area contributed by atoms with Gasteiger partial charge in [0.05, 0.1) is 17.8 Å². The number of aryl methyl sites for hydroxylation is 2. The number of anilines is 1. The topological polar surface area (TPSA) is 85.9 Å². The van der Waals surface area contributed by atoms with Crippen LogP contribution in [0.25, 0.3) is 0 Å². The Kier molecular flexibility index (Phi) is 6.28. The summed E-state index contributed by atoms with van der Waals surface area (Å²) in [5.74, 6) is -0.260. The van der Waals surface area contributed by atoms with Gasteiger partial charge in [-0.15, -0.1) is 0 Å². The molecule has 5 heteroatoms. The van der Waals surface area contributed by atoms with E-state index in [0.717, 1.165) is 37.1 Å². The lowest BCUT2D eigenvalue weighted by Gasteiger charge is -2.15. The summed E-state index contributed by atoms with van der Waals surface area (Å²) < 4.78 is 0. The minimum atomic E-state index is -0.319. The van der Waals surface area contributed by atoms with Crippen molar-refractivity contribution in [2.45, 2.75) is 59.3 Å². The molecule has 1 aliphatic rings. The van der Waals surface area contributed by atoms with Crippen LogP contribution in [0, 0.1) is 0 Å². The number of fused-ring (bicyclic) bond motifs is 1. The van der Waals surface area contributed by atoms with E-state index >= 15 is 0 Å². The molecule has 0 spiro atoms. The van der Waals surface area contributed by atoms with Crippen LogP contribution in [0.2, 0.25) is 0 Å². The lowest BCUT2D eigenvalue weighted by atomic mass is 10.00. The molecule has 1 aliphatic carbocycles. The molecular weight excluding hydrogens is 254 g/mol. The lowest BCUT2D eigenvalue weighted by molar-refractivity contribution is -0.117. The summed E-state index contributed by atoms with van der Waals surface area (Å²) in [5.41, 5.74) is 7.69. The fourth-order valence-corrected chi connectivity index (χ4v) is 2.10. The zero-order valence-electron chi connectivity index (χ0n) is 12.5. The Morgan fingerprint density at radius 3 is 2.20 bits per heavy atom. The van der Waals surface area contributed by atoms with Gasteiger partial charge in [-0.3, -0.25) is 9.59 Å². The maximum Gasteiger partial charge on any atom is 0.192 e. The zero-order valence-corrected chi connectivity index (χ0v) is 12.5. The predicted molar refractivity (Wildman–Crippen MR) is 78.7 cm³/mol. The van der Waals surface area contributed by atoms with Crippen molar-refractivity contribution in [2.24, 2.45) is 0 Å². The molecule has 0 radical (unpaired) electrons. The first-order chi connectivity index (χ1) is 9.61. The summed E-state index contributed by atoms with van der Waals surface area (Å²) in [5, 5.41) is 0. The van der Waals surface area contributed by atoms with E-state index in [1.54, 1.807) is 6.92 Å². The molecule has 1 aromatic rings. The summed E-state index contributed by atoms with van der Waals surface area (Å²) in [4.78, 5) is 31.8. The Morgan fingerprint density at radius 1 is 1.10 bits per heavy atom. The van der Waals surface area contributed by atoms with Gasteiger partial charge in [0.25, 0.3) is 0 Å². The molecule has 1 aromatic heterocycles. The second-order valence-corrected chi connectivity index (χ2v) is 4.55. The van der Waals surface area contributed by atoms with Crippen LogP contribution in [0.15, 0.2) is 0 Å². The molecule has 0 bridgehead atoms. The molecule has 1 heterocycles. The van der Waals surface area contributed by atoms with Crippen molar-refractivity contribution < 1.29 is 9.59 Å². The van der Waals surface area contributed by atoms with Gasteiger partial charge in [-0.05, 0) is 25.7 Å². The van der Waals surface area contributed by atoms with E-state index in [1.165, 1.54) is 0 Å². The molecule has 0 fully saturated rings. The summed E-state index contributed by atoms with van der Waals surface area (Å²) in [6, 6.07) is 0. The molecule has 0 saturated heterocycles. The van der Waals surface area contributed by atoms with Crippen molar-refractivity contribution in [1.29, 1.82) is 0 Å². The van der Waals surface area contributed by atoms with Gasteiger partial charge < -0.3 is 5.73 Å². The second kappa shape index (κ2) is 7.72. The van der Waals surface area contributed by atoms with E-state index in [2.05, 4.69) is 9.97 Å². The van der Waals surface area contributed by atoms with Crippen LogP contribution in [0.4, 0.5) is 5.82 Å². The summed E-state index contributed by atoms with van der Waals surface area (Å²) in [7, 11) is 0. The van der Waals surface area contributed by atoms with Gasteiger partial charge in [0.1, 0.15) is 11.5 Å². The highest BCUT2D eigenvalue weighted by Crippen LogP contribution is 2.21. The minimum absolute atomic E-state index is 0.0982. The fourth-order valence-electron chi connectivity index (χ4n) is 2.10. The van der Waals surface area contributed by atoms with Crippen molar-refractivity contribution in [2.75, 3.05) is 5.73 Å². The summed E-state index contributed by atoms with van der Waals surface area (Å²) in [6.07, 6.45) is 4.08. The summed E-state index contributed by atoms with van der Waals surface area (Å²) >= 11 is 0. The van der Waals surface area contributed by atoms with E-state index in [9.17, 15) is 9.59 Å². The molecule has 0 aromatic carbocycles. The molecule has 5 nitrogen and oxygen atoms in total. The SMILES string of the molecule is CC.CCC(=O)CC(=O)c1nc2c(nc1N)CCCC2. The number of carbonyl (C=O) groups is 2. The van der Waals surface area contributed by atoms with Crippen molar-refractivity contribution in [1.82, 2.24) is 9.97 Å². The number of ketones is 2. The largest absolute Gasteiger partial charge is 0.382 e. The first-order valence-electron chi connectivity index (χ1n) is 7.32. The van der Waals surface area contributed by atoms with E-state index in [0.29, 0.717) is 6.42 Å². The number of nitrogens with zero attached hydrogens (tertiary/aromatic N) is 2. The van der Waals surface area contributed by atoms with Crippen LogP contribution in [-0.4, -0.2) is 21.5 Å². The van der Waals surface area contributed by atoms with Crippen LogP contribution in [-0.2, 0) is 17.6 Å². The van der Waals surface area contributed by atoms with Gasteiger partial charge in [-0.1, -0.05) is 20.8 Å². The number of hydrogen-bond donors (Lipinski definition) is 1. The van der Waals surface area contributed by atoms with Crippen molar-refractivity contribution in [3.8, 4) is 0 Å². The van der Waals surface area contributed by atoms with Gasteiger partial charge in [-0.2, -0.15) is 0 Å². The normalized spacial score (nSPS) is 12.9. The number of Topliss-reactive ketones (excluding diaryl/α,β-unsaturated/α-hetero) is 2. The van der Waals surface area contributed by atoms with E-state index in [1.807, 2.05) is 13.8 Å². The predicted octanol–water partition coefficient (Wildman–Crippen LogP) is 2.52. The van der Waals surface area contributed by atoms with Crippen molar-refractivity contribution >= 4 is 17.4 Å². The fraction of sp³-hybridized carbons (Fsp3) is 0.600. The Balaban J connectivity index is 0.000000956. The van der Waals surface area contributed by atoms with E-state index < -0.39 is 0 Å². The maximum atomic E-state index is 11.9. The molecule has 0 saturated carbocycles. The quantitative estimate of drug-likeness (QED) is 0.675. The van der Waals surface area contributed by atoms with Crippen LogP contribution in [0.1, 0.15) is 68.3 Å². The third kappa shape index (κ3) is 3.85. The highest BCUT2D eigenvalue weighted by atomic mass is 16.1. The number of aromatic nitrogens is 2. The number of carbonyl (C=O) groups excluding carboxylic acids is 2. The molecule has 0 unspecified atom stereocenters. The van der Waals surface area contributed by atoms with Gasteiger partial charge in [-0.25, -0.2) is 9.97 Å². The van der Waals surface area contributed by atoms with Gasteiger partial charge in [0.2, 0.25) is 0 Å². The zero-order chi connectivity index (χ0) is 15.1. The lowest BCUT2D eigenvalue weighted by Crippen LogP contribution is -2.17. The average Bonchev–Trinajstić information content (AvgIpc) is 2.48. The van der Waals surface area contributed by atoms with Crippen LogP contribution < -0.4 is 5.73 Å². The molecule has 0 atom stereocenters. The number of nitrogens with two attached hydrogens (primary N) is 1. The molecule has 2 N–H and O–H groups in total. The van der Waals surface area contributed by atoms with E-state index in [4.69, 9.17) is 5.73 Å². The molecule has 110 valence electrons. The van der Waals surface area contributed by atoms with Crippen molar-refractivity contribution in [3.05, 3.63) is 17.1 Å². The van der Waals surface area contributed by atoms with Crippen LogP contribution >= 0.6 is 0 Å². The second-order valence-electron chi connectivity index (χ2n) is 4.55. The van der Waals surface area contributed by atoms with Crippen LogP contribution in [0.3, 0.4) is 0 Å². The first kappa shape index (κ1) is 16.3. The highest BCUT2D eigenvalue weighted by molar-refractivity contribution is 6.08. The van der Waals surface area contributed by atoms with Gasteiger partial charge in [0.15, 0.2) is 11.6 Å². The maximum absolute atomic E-state index is 11.9. The standard InChI is InChI=1S/C13H17N3O2.C2H6/c1-2-8(17)7-11(18)12-13(14)16-10-6-4-3-5-9(10)15-12;1-2/h2-7H2,1H3,(H2,14,16);1-2H3. The molecule has 0 aliphatic heterocycles. The highest BCUT2D eigenvalue weighted by Gasteiger charge is 2.20. The van der Waals surface area contributed by atoms with Gasteiger partial charge >= 0.3 is 0 Å². The number of nitrogen functional groups attached to an aromatic ring is 1. The monoisotopic (exact) mass is 277 g/mol.